The van der Waals surface area contributed by atoms with Crippen LogP contribution < -0.4 is 5.32 Å². The summed E-state index contributed by atoms with van der Waals surface area (Å²) in [5.41, 5.74) is -3.04. The van der Waals surface area contributed by atoms with Crippen molar-refractivity contribution in [1.82, 2.24) is 5.32 Å². The van der Waals surface area contributed by atoms with Crippen molar-refractivity contribution in [2.24, 2.45) is 17.8 Å². The van der Waals surface area contributed by atoms with Gasteiger partial charge < -0.3 is 40.3 Å². The van der Waals surface area contributed by atoms with Crippen LogP contribution in [0.3, 0.4) is 0 Å². The van der Waals surface area contributed by atoms with Gasteiger partial charge >= 0.3 is 0 Å². The summed E-state index contributed by atoms with van der Waals surface area (Å²) in [4.78, 5) is 51.8. The maximum Gasteiger partial charge on any atom is 0.217 e. The number of amides is 1. The standard InChI is InChI=1S/C29H37NO11/c1-11-5-4-6-14-20(11)27(37)23-22(25(14)35)26(36)15-8-29(39,18(33)10-31)9-17(21(15)28(23)38)41-19-7-16(30-13(3)32)24(34)12(2)40-19/h11-12,14,16-17,19-20,24,31,34,36,38-39H,4-10H2,1-3H3,(H,30,32). The number of aliphatic hydroxyl groups is 3. The van der Waals surface area contributed by atoms with Crippen LogP contribution in [0.1, 0.15) is 90.8 Å². The molecule has 9 atom stereocenters. The number of fused-ring (bicyclic) bond motifs is 3. The summed E-state index contributed by atoms with van der Waals surface area (Å²) in [6.07, 6.45) is -3.35. The number of phenols is 2. The number of carbonyl (C=O) groups excluding carboxylic acids is 4. The van der Waals surface area contributed by atoms with Gasteiger partial charge in [0.15, 0.2) is 23.6 Å². The predicted octanol–water partition coefficient (Wildman–Crippen LogP) is 0.826. The first kappa shape index (κ1) is 29.6. The van der Waals surface area contributed by atoms with Crippen molar-refractivity contribution in [3.8, 4) is 11.5 Å². The molecule has 0 spiro atoms. The molecule has 41 heavy (non-hydrogen) atoms. The molecule has 0 bridgehead atoms. The van der Waals surface area contributed by atoms with E-state index in [1.807, 2.05) is 6.92 Å². The third-order valence-corrected chi connectivity index (χ3v) is 9.33. The summed E-state index contributed by atoms with van der Waals surface area (Å²) in [6, 6.07) is -0.753. The molecule has 6 N–H and O–H groups in total. The lowest BCUT2D eigenvalue weighted by Gasteiger charge is -2.43. The molecular formula is C29H37NO11. The number of Topliss-reactive ketones (excluding diaryl/α,β-unsaturated/α-hetero) is 3. The lowest BCUT2D eigenvalue weighted by Crippen LogP contribution is -2.55. The average molecular weight is 576 g/mol. The molecule has 3 aliphatic carbocycles. The lowest BCUT2D eigenvalue weighted by molar-refractivity contribution is -0.249. The zero-order valence-electron chi connectivity index (χ0n) is 23.3. The molecule has 1 aromatic rings. The van der Waals surface area contributed by atoms with E-state index in [9.17, 15) is 44.7 Å². The first-order valence-electron chi connectivity index (χ1n) is 14.1. The second-order valence-electron chi connectivity index (χ2n) is 12.0. The third-order valence-electron chi connectivity index (χ3n) is 9.33. The Kier molecular flexibility index (Phi) is 7.75. The van der Waals surface area contributed by atoms with Crippen molar-refractivity contribution >= 4 is 23.3 Å². The molecule has 1 aromatic carbocycles. The van der Waals surface area contributed by atoms with E-state index < -0.39 is 96.4 Å². The Morgan fingerprint density at radius 3 is 2.44 bits per heavy atom. The summed E-state index contributed by atoms with van der Waals surface area (Å²) < 4.78 is 11.9. The first-order valence-corrected chi connectivity index (χ1v) is 14.1. The van der Waals surface area contributed by atoms with E-state index in [0.29, 0.717) is 6.42 Å². The van der Waals surface area contributed by atoms with E-state index in [1.165, 1.54) is 6.92 Å². The topological polar surface area (TPSA) is 200 Å². The van der Waals surface area contributed by atoms with Crippen molar-refractivity contribution in [2.45, 2.75) is 95.5 Å². The van der Waals surface area contributed by atoms with E-state index in [4.69, 9.17) is 9.47 Å². The van der Waals surface area contributed by atoms with Crippen LogP contribution in [0.25, 0.3) is 0 Å². The van der Waals surface area contributed by atoms with Gasteiger partial charge in [-0.3, -0.25) is 19.2 Å². The normalized spacial score (nSPS) is 36.6. The number of hydrogen-bond donors (Lipinski definition) is 6. The summed E-state index contributed by atoms with van der Waals surface area (Å²) in [5, 5.41) is 57.1. The maximum atomic E-state index is 13.8. The number of ketones is 3. The van der Waals surface area contributed by atoms with Gasteiger partial charge in [-0.25, -0.2) is 0 Å². The lowest BCUT2D eigenvalue weighted by atomic mass is 9.62. The summed E-state index contributed by atoms with van der Waals surface area (Å²) in [5.74, 6) is -4.84. The van der Waals surface area contributed by atoms with Crippen LogP contribution in [0.15, 0.2) is 0 Å². The maximum absolute atomic E-state index is 13.8. The van der Waals surface area contributed by atoms with Crippen LogP contribution in [-0.4, -0.2) is 85.5 Å². The zero-order valence-corrected chi connectivity index (χ0v) is 23.3. The summed E-state index contributed by atoms with van der Waals surface area (Å²) in [6.45, 7) is 3.74. The second-order valence-corrected chi connectivity index (χ2v) is 12.0. The minimum Gasteiger partial charge on any atom is -0.507 e. The van der Waals surface area contributed by atoms with Crippen molar-refractivity contribution in [3.63, 3.8) is 0 Å². The van der Waals surface area contributed by atoms with Crippen molar-refractivity contribution in [2.75, 3.05) is 6.61 Å². The molecule has 12 nitrogen and oxygen atoms in total. The van der Waals surface area contributed by atoms with E-state index in [2.05, 4.69) is 5.32 Å². The Hall–Kier alpha value is -2.90. The van der Waals surface area contributed by atoms with Crippen LogP contribution in [0.2, 0.25) is 0 Å². The molecular weight excluding hydrogens is 538 g/mol. The molecule has 1 amide bonds. The van der Waals surface area contributed by atoms with E-state index in [1.54, 1.807) is 6.92 Å². The number of rotatable bonds is 5. The van der Waals surface area contributed by atoms with Gasteiger partial charge in [-0.1, -0.05) is 13.3 Å². The summed E-state index contributed by atoms with van der Waals surface area (Å²) in [7, 11) is 0. The molecule has 2 fully saturated rings. The Labute approximate surface area is 236 Å². The first-order chi connectivity index (χ1) is 19.3. The van der Waals surface area contributed by atoms with Crippen molar-refractivity contribution < 1.29 is 54.2 Å². The molecule has 12 heteroatoms. The number of phenolic OH excluding ortho intramolecular Hbond substituents is 2. The quantitative estimate of drug-likeness (QED) is 0.272. The number of hydrogen-bond acceptors (Lipinski definition) is 11. The highest BCUT2D eigenvalue weighted by Crippen LogP contribution is 2.54. The van der Waals surface area contributed by atoms with Crippen LogP contribution in [0.4, 0.5) is 0 Å². The third kappa shape index (κ3) is 4.85. The average Bonchev–Trinajstić information content (AvgIpc) is 2.90. The Bertz CT molecular complexity index is 1290. The monoisotopic (exact) mass is 575 g/mol. The Morgan fingerprint density at radius 2 is 1.78 bits per heavy atom. The van der Waals surface area contributed by atoms with Crippen LogP contribution in [0, 0.1) is 17.8 Å². The zero-order chi connectivity index (χ0) is 30.0. The van der Waals surface area contributed by atoms with Crippen molar-refractivity contribution in [3.05, 3.63) is 22.3 Å². The van der Waals surface area contributed by atoms with Gasteiger partial charge in [-0.05, 0) is 25.7 Å². The molecule has 224 valence electrons. The molecule has 1 saturated heterocycles. The molecule has 4 aliphatic rings. The summed E-state index contributed by atoms with van der Waals surface area (Å²) >= 11 is 0. The molecule has 9 unspecified atom stereocenters. The van der Waals surface area contributed by atoms with Gasteiger partial charge in [0.05, 0.1) is 29.4 Å². The minimum atomic E-state index is -2.23. The van der Waals surface area contributed by atoms with Gasteiger partial charge in [0.25, 0.3) is 0 Å². The van der Waals surface area contributed by atoms with Crippen LogP contribution in [0.5, 0.6) is 11.5 Å². The molecule has 0 aromatic heterocycles. The highest BCUT2D eigenvalue weighted by atomic mass is 16.7. The van der Waals surface area contributed by atoms with Crippen LogP contribution in [-0.2, 0) is 25.5 Å². The number of nitrogens with one attached hydrogen (secondary N) is 1. The highest BCUT2D eigenvalue weighted by molar-refractivity contribution is 6.19. The SMILES string of the molecule is CC(=O)NC1CC(OC2CC(O)(C(=O)CO)Cc3c(O)c4c(c(O)c32)C(=O)C2C(C)CCCC2C4=O)OC(C)C1O. The molecule has 0 radical (unpaired) electrons. The van der Waals surface area contributed by atoms with E-state index >= 15 is 0 Å². The fraction of sp³-hybridized carbons (Fsp3) is 0.655. The van der Waals surface area contributed by atoms with Gasteiger partial charge in [0.1, 0.15) is 29.8 Å². The fourth-order valence-corrected chi connectivity index (χ4v) is 7.28. The Morgan fingerprint density at radius 1 is 1.10 bits per heavy atom. The van der Waals surface area contributed by atoms with Crippen molar-refractivity contribution in [1.29, 1.82) is 0 Å². The Balaban J connectivity index is 1.61. The number of ether oxygens (including phenoxy) is 2. The predicted molar refractivity (Wildman–Crippen MR) is 140 cm³/mol. The van der Waals surface area contributed by atoms with Gasteiger partial charge in [-0.15, -0.1) is 0 Å². The number of carbonyl (C=O) groups is 4. The minimum absolute atomic E-state index is 0.0281. The van der Waals surface area contributed by atoms with E-state index in [0.717, 1.165) is 12.8 Å². The fourth-order valence-electron chi connectivity index (χ4n) is 7.28. The number of benzene rings is 1. The molecule has 1 saturated carbocycles. The van der Waals surface area contributed by atoms with E-state index in [-0.39, 0.29) is 40.5 Å². The highest BCUT2D eigenvalue weighted by Gasteiger charge is 2.53. The molecule has 1 aliphatic heterocycles. The smallest absolute Gasteiger partial charge is 0.217 e. The van der Waals surface area contributed by atoms with Gasteiger partial charge in [-0.2, -0.15) is 0 Å². The number of aromatic hydroxyl groups is 2. The molecule has 5 rings (SSSR count). The van der Waals surface area contributed by atoms with Crippen LogP contribution >= 0.6 is 0 Å². The second kappa shape index (κ2) is 10.7. The van der Waals surface area contributed by atoms with Gasteiger partial charge in [0.2, 0.25) is 5.91 Å². The number of aliphatic hydroxyl groups excluding tert-OH is 2. The largest absolute Gasteiger partial charge is 0.507 e. The van der Waals surface area contributed by atoms with Gasteiger partial charge in [0, 0.05) is 49.1 Å². The molecule has 1 heterocycles.